The van der Waals surface area contributed by atoms with E-state index in [9.17, 15) is 14.7 Å². The monoisotopic (exact) mass is 480 g/mol. The first-order valence-corrected chi connectivity index (χ1v) is 15.7. The minimum absolute atomic E-state index is 0.0294. The third kappa shape index (κ3) is 9.77. The minimum atomic E-state index is -2.10. The summed E-state index contributed by atoms with van der Waals surface area (Å²) >= 11 is 0. The van der Waals surface area contributed by atoms with Gasteiger partial charge in [0.25, 0.3) is 0 Å². The molecule has 0 saturated heterocycles. The van der Waals surface area contributed by atoms with E-state index in [1.807, 2.05) is 0 Å². The molecule has 1 rings (SSSR count). The molecule has 0 radical (unpaired) electrons. The van der Waals surface area contributed by atoms with Crippen molar-refractivity contribution in [1.82, 2.24) is 0 Å². The van der Waals surface area contributed by atoms with Crippen LogP contribution in [-0.4, -0.2) is 38.4 Å². The molecule has 3 atom stereocenters. The van der Waals surface area contributed by atoms with Crippen molar-refractivity contribution in [2.45, 2.75) is 116 Å². The highest BCUT2D eigenvalue weighted by atomic mass is 28.4. The van der Waals surface area contributed by atoms with E-state index < -0.39 is 20.3 Å². The fraction of sp³-hybridized carbons (Fsp3) is 0.778. The van der Waals surface area contributed by atoms with E-state index in [1.54, 1.807) is 6.08 Å². The third-order valence-corrected chi connectivity index (χ3v) is 11.5. The van der Waals surface area contributed by atoms with Crippen LogP contribution in [0.4, 0.5) is 0 Å². The van der Waals surface area contributed by atoms with E-state index in [2.05, 4.69) is 57.7 Å². The van der Waals surface area contributed by atoms with Crippen LogP contribution in [0.2, 0.25) is 18.1 Å². The van der Waals surface area contributed by atoms with Crippen molar-refractivity contribution in [3.63, 3.8) is 0 Å². The second kappa shape index (κ2) is 14.1. The molecule has 0 bridgehead atoms. The van der Waals surface area contributed by atoms with Crippen molar-refractivity contribution in [3.05, 3.63) is 24.0 Å². The standard InChI is InChI=1S/C27H48O5Si/c1-8-9-10-11-12-14-17-21-24(32-33(6,7)27(2,3)4)20-23(29)26(21)22(28)18-15-13-16-19-25(30)31-5/h14,17,20-22,26,28H,8-13,15-16,18-19H2,1-7H3/b17-14+. The van der Waals surface area contributed by atoms with Crippen LogP contribution in [0.5, 0.6) is 0 Å². The smallest absolute Gasteiger partial charge is 0.305 e. The molecule has 0 spiro atoms. The quantitative estimate of drug-likeness (QED) is 0.122. The maximum atomic E-state index is 13.0. The molecule has 1 aliphatic rings. The van der Waals surface area contributed by atoms with Crippen LogP contribution in [0, 0.1) is 11.8 Å². The lowest BCUT2D eigenvalue weighted by Gasteiger charge is -2.38. The number of carbonyl (C=O) groups excluding carboxylic acids is 2. The Morgan fingerprint density at radius 2 is 1.82 bits per heavy atom. The number of aliphatic hydroxyl groups is 1. The van der Waals surface area contributed by atoms with E-state index in [0.717, 1.165) is 37.9 Å². The van der Waals surface area contributed by atoms with Gasteiger partial charge in [-0.25, -0.2) is 0 Å². The van der Waals surface area contributed by atoms with Crippen LogP contribution in [0.1, 0.15) is 91.9 Å². The number of methoxy groups -OCH3 is 1. The van der Waals surface area contributed by atoms with E-state index in [1.165, 1.54) is 26.4 Å². The fourth-order valence-corrected chi connectivity index (χ4v) is 4.98. The van der Waals surface area contributed by atoms with Gasteiger partial charge in [0.2, 0.25) is 8.32 Å². The number of rotatable bonds is 15. The normalized spacial score (nSPS) is 20.2. The van der Waals surface area contributed by atoms with Gasteiger partial charge in [0.1, 0.15) is 0 Å². The van der Waals surface area contributed by atoms with E-state index >= 15 is 0 Å². The molecule has 0 fully saturated rings. The van der Waals surface area contributed by atoms with Crippen LogP contribution in [0.3, 0.4) is 0 Å². The van der Waals surface area contributed by atoms with Gasteiger partial charge in [-0.1, -0.05) is 72.0 Å². The molecule has 6 heteroatoms. The number of ketones is 1. The van der Waals surface area contributed by atoms with E-state index in [0.29, 0.717) is 12.8 Å². The summed E-state index contributed by atoms with van der Waals surface area (Å²) in [6.07, 6.45) is 14.2. The summed E-state index contributed by atoms with van der Waals surface area (Å²) in [6, 6.07) is 0. The fourth-order valence-electron chi connectivity index (χ4n) is 3.89. The van der Waals surface area contributed by atoms with E-state index in [-0.39, 0.29) is 22.7 Å². The number of hydrogen-bond acceptors (Lipinski definition) is 5. The van der Waals surface area contributed by atoms with Crippen molar-refractivity contribution >= 4 is 20.1 Å². The van der Waals surface area contributed by atoms with Gasteiger partial charge in [0.15, 0.2) is 5.78 Å². The Morgan fingerprint density at radius 3 is 2.42 bits per heavy atom. The summed E-state index contributed by atoms with van der Waals surface area (Å²) in [4.78, 5) is 24.2. The molecule has 0 aliphatic heterocycles. The number of esters is 1. The molecule has 0 heterocycles. The summed E-state index contributed by atoms with van der Waals surface area (Å²) in [5.41, 5.74) is 0. The summed E-state index contributed by atoms with van der Waals surface area (Å²) < 4.78 is 11.2. The summed E-state index contributed by atoms with van der Waals surface area (Å²) in [5.74, 6) is -0.208. The molecule has 190 valence electrons. The second-order valence-electron chi connectivity index (χ2n) is 10.9. The van der Waals surface area contributed by atoms with E-state index in [4.69, 9.17) is 4.43 Å². The Bertz CT molecular complexity index is 674. The topological polar surface area (TPSA) is 72.8 Å². The molecular weight excluding hydrogens is 432 g/mol. The third-order valence-electron chi connectivity index (χ3n) is 7.10. The molecule has 33 heavy (non-hydrogen) atoms. The van der Waals surface area contributed by atoms with Crippen LogP contribution in [0.15, 0.2) is 24.0 Å². The van der Waals surface area contributed by atoms with Gasteiger partial charge in [-0.05, 0) is 43.8 Å². The van der Waals surface area contributed by atoms with Gasteiger partial charge < -0.3 is 14.3 Å². The van der Waals surface area contributed by atoms with Crippen molar-refractivity contribution in [2.75, 3.05) is 7.11 Å². The molecule has 0 aromatic rings. The summed E-state index contributed by atoms with van der Waals surface area (Å²) in [7, 11) is -0.707. The minimum Gasteiger partial charge on any atom is -0.546 e. The van der Waals surface area contributed by atoms with Gasteiger partial charge in [0.05, 0.1) is 24.9 Å². The highest BCUT2D eigenvalue weighted by molar-refractivity contribution is 6.74. The Kier molecular flexibility index (Phi) is 12.7. The number of aliphatic hydroxyl groups excluding tert-OH is 1. The van der Waals surface area contributed by atoms with Crippen LogP contribution in [-0.2, 0) is 18.8 Å². The average Bonchev–Trinajstić information content (AvgIpc) is 3.03. The Labute approximate surface area is 203 Å². The van der Waals surface area contributed by atoms with Gasteiger partial charge in [-0.15, -0.1) is 0 Å². The predicted molar refractivity (Wildman–Crippen MR) is 137 cm³/mol. The number of allylic oxidation sites excluding steroid dienone is 3. The second-order valence-corrected chi connectivity index (χ2v) is 15.6. The zero-order valence-corrected chi connectivity index (χ0v) is 23.1. The van der Waals surface area contributed by atoms with Crippen LogP contribution >= 0.6 is 0 Å². The van der Waals surface area contributed by atoms with Gasteiger partial charge in [-0.2, -0.15) is 0 Å². The lowest BCUT2D eigenvalue weighted by Crippen LogP contribution is -2.41. The number of carbonyl (C=O) groups is 2. The maximum Gasteiger partial charge on any atom is 0.305 e. The summed E-state index contributed by atoms with van der Waals surface area (Å²) in [6.45, 7) is 13.2. The zero-order valence-electron chi connectivity index (χ0n) is 22.1. The Hall–Kier alpha value is -1.40. The van der Waals surface area contributed by atoms with Crippen molar-refractivity contribution < 1.29 is 23.9 Å². The number of hydrogen-bond donors (Lipinski definition) is 1. The van der Waals surface area contributed by atoms with Crippen molar-refractivity contribution in [1.29, 1.82) is 0 Å². The first kappa shape index (κ1) is 29.6. The molecule has 0 aromatic heterocycles. The number of ether oxygens (including phenoxy) is 1. The van der Waals surface area contributed by atoms with Gasteiger partial charge in [-0.3, -0.25) is 9.59 Å². The van der Waals surface area contributed by atoms with Crippen LogP contribution in [0.25, 0.3) is 0 Å². The molecule has 5 nitrogen and oxygen atoms in total. The largest absolute Gasteiger partial charge is 0.546 e. The molecular formula is C27H48O5Si. The number of unbranched alkanes of at least 4 members (excludes halogenated alkanes) is 6. The SMILES string of the molecule is CCCCCC/C=C/C1C(O[Si](C)(C)C(C)(C)C)=CC(=O)C1C(O)CCCCCC(=O)OC. The highest BCUT2D eigenvalue weighted by Crippen LogP contribution is 2.43. The highest BCUT2D eigenvalue weighted by Gasteiger charge is 2.45. The van der Waals surface area contributed by atoms with Gasteiger partial charge in [0, 0.05) is 18.4 Å². The lowest BCUT2D eigenvalue weighted by atomic mass is 9.85. The maximum absolute atomic E-state index is 13.0. The lowest BCUT2D eigenvalue weighted by molar-refractivity contribution is -0.140. The first-order chi connectivity index (χ1) is 15.4. The molecule has 0 saturated carbocycles. The van der Waals surface area contributed by atoms with Crippen molar-refractivity contribution in [3.8, 4) is 0 Å². The molecule has 0 amide bonds. The van der Waals surface area contributed by atoms with Crippen LogP contribution < -0.4 is 0 Å². The molecule has 3 unspecified atom stereocenters. The molecule has 0 aromatic carbocycles. The predicted octanol–water partition coefficient (Wildman–Crippen LogP) is 6.72. The Balaban J connectivity index is 2.85. The summed E-state index contributed by atoms with van der Waals surface area (Å²) in [5, 5.41) is 11.0. The van der Waals surface area contributed by atoms with Gasteiger partial charge >= 0.3 is 5.97 Å². The zero-order chi connectivity index (χ0) is 25.1. The van der Waals surface area contributed by atoms with Crippen molar-refractivity contribution in [2.24, 2.45) is 11.8 Å². The Morgan fingerprint density at radius 1 is 1.15 bits per heavy atom. The average molecular weight is 481 g/mol. The first-order valence-electron chi connectivity index (χ1n) is 12.8. The molecule has 1 aliphatic carbocycles. The molecule has 1 N–H and O–H groups in total.